The first-order valence-electron chi connectivity index (χ1n) is 6.92. The molecule has 1 heterocycles. The Morgan fingerprint density at radius 1 is 1.39 bits per heavy atom. The van der Waals surface area contributed by atoms with E-state index in [1.807, 2.05) is 7.05 Å². The summed E-state index contributed by atoms with van der Waals surface area (Å²) in [6, 6.07) is 8.63. The molecule has 0 aromatic heterocycles. The molecule has 1 fully saturated rings. The molecule has 1 aromatic carbocycles. The van der Waals surface area contributed by atoms with E-state index in [1.54, 1.807) is 0 Å². The number of anilines is 1. The van der Waals surface area contributed by atoms with Crippen LogP contribution < -0.4 is 10.2 Å². The Kier molecular flexibility index (Phi) is 3.04. The van der Waals surface area contributed by atoms with Crippen molar-refractivity contribution >= 4 is 5.69 Å². The summed E-state index contributed by atoms with van der Waals surface area (Å²) >= 11 is 0. The van der Waals surface area contributed by atoms with Crippen molar-refractivity contribution < 1.29 is 5.11 Å². The van der Waals surface area contributed by atoms with Gasteiger partial charge in [-0.25, -0.2) is 0 Å². The van der Waals surface area contributed by atoms with Gasteiger partial charge in [0.2, 0.25) is 0 Å². The molecule has 3 heteroatoms. The number of para-hydroxylation sites is 1. The molecule has 3 rings (SSSR count). The van der Waals surface area contributed by atoms with Gasteiger partial charge >= 0.3 is 0 Å². The SMILES string of the molecule is CNC(CO)(CN1CCc2ccccc21)C1CC1. The molecule has 98 valence electrons. The third-order valence-electron chi connectivity index (χ3n) is 4.60. The van der Waals surface area contributed by atoms with E-state index in [1.165, 1.54) is 24.1 Å². The Hall–Kier alpha value is -1.06. The molecular weight excluding hydrogens is 224 g/mol. The van der Waals surface area contributed by atoms with Crippen molar-refractivity contribution in [2.45, 2.75) is 24.8 Å². The summed E-state index contributed by atoms with van der Waals surface area (Å²) in [5.41, 5.74) is 2.68. The molecule has 1 unspecified atom stereocenters. The van der Waals surface area contributed by atoms with Gasteiger partial charge in [-0.1, -0.05) is 18.2 Å². The summed E-state index contributed by atoms with van der Waals surface area (Å²) in [6.07, 6.45) is 3.62. The molecule has 0 radical (unpaired) electrons. The van der Waals surface area contributed by atoms with Crippen LogP contribution in [0.2, 0.25) is 0 Å². The maximum absolute atomic E-state index is 9.81. The molecule has 3 nitrogen and oxygen atoms in total. The van der Waals surface area contributed by atoms with Crippen molar-refractivity contribution in [1.29, 1.82) is 0 Å². The summed E-state index contributed by atoms with van der Waals surface area (Å²) in [5.74, 6) is 0.639. The average molecular weight is 246 g/mol. The first-order valence-corrected chi connectivity index (χ1v) is 6.92. The summed E-state index contributed by atoms with van der Waals surface area (Å²) in [4.78, 5) is 2.43. The van der Waals surface area contributed by atoms with Crippen molar-refractivity contribution in [2.75, 3.05) is 31.6 Å². The summed E-state index contributed by atoms with van der Waals surface area (Å²) in [7, 11) is 1.98. The molecular formula is C15H22N2O. The largest absolute Gasteiger partial charge is 0.394 e. The number of hydrogen-bond donors (Lipinski definition) is 2. The van der Waals surface area contributed by atoms with E-state index in [-0.39, 0.29) is 12.1 Å². The number of nitrogens with zero attached hydrogens (tertiary/aromatic N) is 1. The minimum Gasteiger partial charge on any atom is -0.394 e. The predicted octanol–water partition coefficient (Wildman–Crippen LogP) is 1.41. The highest BCUT2D eigenvalue weighted by Gasteiger charge is 2.45. The average Bonchev–Trinajstić information content (AvgIpc) is 3.20. The van der Waals surface area contributed by atoms with E-state index < -0.39 is 0 Å². The second kappa shape index (κ2) is 4.56. The van der Waals surface area contributed by atoms with E-state index in [0.29, 0.717) is 5.92 Å². The molecule has 2 aliphatic rings. The molecule has 1 atom stereocenters. The van der Waals surface area contributed by atoms with E-state index in [4.69, 9.17) is 0 Å². The van der Waals surface area contributed by atoms with Gasteiger partial charge in [0.25, 0.3) is 0 Å². The third kappa shape index (κ3) is 1.91. The van der Waals surface area contributed by atoms with Gasteiger partial charge in [-0.2, -0.15) is 0 Å². The molecule has 0 saturated heterocycles. The summed E-state index contributed by atoms with van der Waals surface area (Å²) in [5, 5.41) is 13.2. The van der Waals surface area contributed by atoms with Gasteiger partial charge in [-0.05, 0) is 43.9 Å². The topological polar surface area (TPSA) is 35.5 Å². The normalized spacial score (nSPS) is 21.8. The zero-order chi connectivity index (χ0) is 12.6. The second-order valence-electron chi connectivity index (χ2n) is 5.64. The fraction of sp³-hybridized carbons (Fsp3) is 0.600. The lowest BCUT2D eigenvalue weighted by Gasteiger charge is -2.37. The van der Waals surface area contributed by atoms with Crippen LogP contribution in [0.4, 0.5) is 5.69 Å². The maximum Gasteiger partial charge on any atom is 0.0633 e. The Labute approximate surface area is 109 Å². The van der Waals surface area contributed by atoms with Gasteiger partial charge in [-0.15, -0.1) is 0 Å². The summed E-state index contributed by atoms with van der Waals surface area (Å²) in [6.45, 7) is 2.23. The van der Waals surface area contributed by atoms with Crippen LogP contribution in [-0.4, -0.2) is 37.4 Å². The van der Waals surface area contributed by atoms with Crippen molar-refractivity contribution in [3.63, 3.8) is 0 Å². The standard InChI is InChI=1S/C15H22N2O/c1-16-15(11-18,13-6-7-13)10-17-9-8-12-4-2-3-5-14(12)17/h2-5,13,16,18H,6-11H2,1H3. The van der Waals surface area contributed by atoms with E-state index in [9.17, 15) is 5.11 Å². The van der Waals surface area contributed by atoms with Crippen LogP contribution in [0.5, 0.6) is 0 Å². The van der Waals surface area contributed by atoms with E-state index in [0.717, 1.165) is 19.5 Å². The highest BCUT2D eigenvalue weighted by Crippen LogP contribution is 2.41. The molecule has 18 heavy (non-hydrogen) atoms. The monoisotopic (exact) mass is 246 g/mol. The van der Waals surface area contributed by atoms with E-state index in [2.05, 4.69) is 34.5 Å². The van der Waals surface area contributed by atoms with Crippen LogP contribution in [0.15, 0.2) is 24.3 Å². The molecule has 1 saturated carbocycles. The number of aliphatic hydroxyl groups excluding tert-OH is 1. The quantitative estimate of drug-likeness (QED) is 0.824. The van der Waals surface area contributed by atoms with Crippen LogP contribution in [-0.2, 0) is 6.42 Å². The number of rotatable bonds is 5. The molecule has 1 aromatic rings. The Morgan fingerprint density at radius 3 is 2.83 bits per heavy atom. The number of hydrogen-bond acceptors (Lipinski definition) is 3. The van der Waals surface area contributed by atoms with Crippen molar-refractivity contribution in [3.05, 3.63) is 29.8 Å². The number of nitrogens with one attached hydrogen (secondary N) is 1. The Bertz CT molecular complexity index is 424. The first-order chi connectivity index (χ1) is 8.79. The fourth-order valence-electron chi connectivity index (χ4n) is 3.22. The van der Waals surface area contributed by atoms with Gasteiger partial charge in [-0.3, -0.25) is 0 Å². The molecule has 0 amide bonds. The van der Waals surface area contributed by atoms with Crippen LogP contribution >= 0.6 is 0 Å². The van der Waals surface area contributed by atoms with E-state index >= 15 is 0 Å². The summed E-state index contributed by atoms with van der Waals surface area (Å²) < 4.78 is 0. The number of fused-ring (bicyclic) bond motifs is 1. The Balaban J connectivity index is 1.80. The lowest BCUT2D eigenvalue weighted by Crippen LogP contribution is -2.56. The Morgan fingerprint density at radius 2 is 2.17 bits per heavy atom. The minimum atomic E-state index is -0.114. The van der Waals surface area contributed by atoms with Crippen molar-refractivity contribution in [1.82, 2.24) is 5.32 Å². The molecule has 0 bridgehead atoms. The second-order valence-corrected chi connectivity index (χ2v) is 5.64. The van der Waals surface area contributed by atoms with Gasteiger partial charge in [0.1, 0.15) is 0 Å². The number of benzene rings is 1. The maximum atomic E-state index is 9.81. The fourth-order valence-corrected chi connectivity index (χ4v) is 3.22. The first kappa shape index (κ1) is 12.0. The van der Waals surface area contributed by atoms with Gasteiger partial charge in [0.05, 0.1) is 12.1 Å². The zero-order valence-corrected chi connectivity index (χ0v) is 11.0. The van der Waals surface area contributed by atoms with Crippen molar-refractivity contribution in [2.24, 2.45) is 5.92 Å². The van der Waals surface area contributed by atoms with Gasteiger partial charge in [0.15, 0.2) is 0 Å². The molecule has 1 aliphatic heterocycles. The zero-order valence-electron chi connectivity index (χ0n) is 11.0. The van der Waals surface area contributed by atoms with Gasteiger partial charge in [0, 0.05) is 18.8 Å². The highest BCUT2D eigenvalue weighted by atomic mass is 16.3. The smallest absolute Gasteiger partial charge is 0.0633 e. The van der Waals surface area contributed by atoms with Crippen LogP contribution in [0.25, 0.3) is 0 Å². The van der Waals surface area contributed by atoms with Crippen LogP contribution in [0.1, 0.15) is 18.4 Å². The van der Waals surface area contributed by atoms with Crippen LogP contribution in [0, 0.1) is 5.92 Å². The number of likely N-dealkylation sites (N-methyl/N-ethyl adjacent to an activating group) is 1. The lowest BCUT2D eigenvalue weighted by molar-refractivity contribution is 0.152. The predicted molar refractivity (Wildman–Crippen MR) is 74.0 cm³/mol. The molecule has 1 aliphatic carbocycles. The lowest BCUT2D eigenvalue weighted by atomic mass is 9.93. The third-order valence-corrected chi connectivity index (χ3v) is 4.60. The molecule has 2 N–H and O–H groups in total. The van der Waals surface area contributed by atoms with Crippen LogP contribution in [0.3, 0.4) is 0 Å². The van der Waals surface area contributed by atoms with Gasteiger partial charge < -0.3 is 15.3 Å². The highest BCUT2D eigenvalue weighted by molar-refractivity contribution is 5.58. The van der Waals surface area contributed by atoms with Crippen molar-refractivity contribution in [3.8, 4) is 0 Å². The minimum absolute atomic E-state index is 0.114. The number of aliphatic hydroxyl groups is 1. The molecule has 0 spiro atoms.